The molecule has 3 heteroatoms. The van der Waals surface area contributed by atoms with Crippen molar-refractivity contribution in [2.24, 2.45) is 11.7 Å². The third kappa shape index (κ3) is 3.13. The first-order valence-electron chi connectivity index (χ1n) is 8.61. The molecular formula is C21H22N2O. The summed E-state index contributed by atoms with van der Waals surface area (Å²) in [5.41, 5.74) is 10.6. The summed E-state index contributed by atoms with van der Waals surface area (Å²) in [5.74, 6) is 1.56. The molecule has 1 aromatic heterocycles. The molecule has 0 fully saturated rings. The molecule has 3 aromatic rings. The van der Waals surface area contributed by atoms with Crippen LogP contribution < -0.4 is 10.5 Å². The van der Waals surface area contributed by atoms with Crippen molar-refractivity contribution in [1.82, 2.24) is 4.98 Å². The van der Waals surface area contributed by atoms with Gasteiger partial charge in [-0.2, -0.15) is 0 Å². The zero-order valence-electron chi connectivity index (χ0n) is 13.7. The topological polar surface area (TPSA) is 48.1 Å². The van der Waals surface area contributed by atoms with Crippen molar-refractivity contribution in [1.29, 1.82) is 0 Å². The van der Waals surface area contributed by atoms with Crippen LogP contribution in [0.3, 0.4) is 0 Å². The second kappa shape index (κ2) is 6.62. The van der Waals surface area contributed by atoms with E-state index in [4.69, 9.17) is 10.5 Å². The predicted octanol–water partition coefficient (Wildman–Crippen LogP) is 3.88. The van der Waals surface area contributed by atoms with Gasteiger partial charge in [-0.3, -0.25) is 0 Å². The molecular weight excluding hydrogens is 296 g/mol. The van der Waals surface area contributed by atoms with Crippen molar-refractivity contribution in [2.45, 2.75) is 25.9 Å². The maximum Gasteiger partial charge on any atom is 0.130 e. The van der Waals surface area contributed by atoms with E-state index in [1.807, 2.05) is 24.3 Å². The van der Waals surface area contributed by atoms with Gasteiger partial charge in [0, 0.05) is 5.39 Å². The lowest BCUT2D eigenvalue weighted by atomic mass is 9.84. The first-order valence-corrected chi connectivity index (χ1v) is 8.61. The lowest BCUT2D eigenvalue weighted by molar-refractivity contribution is 0.301. The summed E-state index contributed by atoms with van der Waals surface area (Å²) in [6.45, 7) is 1.28. The van der Waals surface area contributed by atoms with E-state index in [0.29, 0.717) is 12.5 Å². The van der Waals surface area contributed by atoms with E-state index in [0.717, 1.165) is 41.7 Å². The van der Waals surface area contributed by atoms with E-state index >= 15 is 0 Å². The number of fused-ring (bicyclic) bond motifs is 2. The number of pyridine rings is 1. The first-order chi connectivity index (χ1) is 11.8. The Morgan fingerprint density at radius 3 is 2.88 bits per heavy atom. The highest BCUT2D eigenvalue weighted by Gasteiger charge is 2.17. The highest BCUT2D eigenvalue weighted by Crippen LogP contribution is 2.28. The summed E-state index contributed by atoms with van der Waals surface area (Å²) < 4.78 is 5.97. The van der Waals surface area contributed by atoms with E-state index in [1.54, 1.807) is 0 Å². The molecule has 0 amide bonds. The molecule has 0 spiro atoms. The molecule has 2 N–H and O–H groups in total. The van der Waals surface area contributed by atoms with Gasteiger partial charge in [0.1, 0.15) is 12.4 Å². The SMILES string of the molecule is NCC1CCc2cc(OCc3ccc4ccccc4n3)ccc2C1. The van der Waals surface area contributed by atoms with Crippen LogP contribution in [0.1, 0.15) is 23.2 Å². The number of hydrogen-bond donors (Lipinski definition) is 1. The summed E-state index contributed by atoms with van der Waals surface area (Å²) in [6.07, 6.45) is 3.38. The van der Waals surface area contributed by atoms with E-state index in [1.165, 1.54) is 17.5 Å². The van der Waals surface area contributed by atoms with Gasteiger partial charge in [-0.1, -0.05) is 30.3 Å². The van der Waals surface area contributed by atoms with Gasteiger partial charge in [0.05, 0.1) is 11.2 Å². The number of nitrogens with two attached hydrogens (primary N) is 1. The Morgan fingerprint density at radius 1 is 1.04 bits per heavy atom. The molecule has 0 aliphatic heterocycles. The Balaban J connectivity index is 1.47. The highest BCUT2D eigenvalue weighted by atomic mass is 16.5. The molecule has 0 saturated carbocycles. The van der Waals surface area contributed by atoms with Crippen LogP contribution in [0.2, 0.25) is 0 Å². The van der Waals surface area contributed by atoms with E-state index in [-0.39, 0.29) is 0 Å². The average molecular weight is 318 g/mol. The number of hydrogen-bond acceptors (Lipinski definition) is 3. The number of nitrogens with zero attached hydrogens (tertiary/aromatic N) is 1. The largest absolute Gasteiger partial charge is 0.487 e. The van der Waals surface area contributed by atoms with Crippen LogP contribution in [0.25, 0.3) is 10.9 Å². The molecule has 1 unspecified atom stereocenters. The standard InChI is InChI=1S/C21H22N2O/c22-13-15-5-6-18-12-20(10-8-17(18)11-15)24-14-19-9-7-16-3-1-2-4-21(16)23-19/h1-4,7-10,12,15H,5-6,11,13-14,22H2. The molecule has 24 heavy (non-hydrogen) atoms. The van der Waals surface area contributed by atoms with Crippen molar-refractivity contribution in [3.05, 3.63) is 71.4 Å². The van der Waals surface area contributed by atoms with Gasteiger partial charge in [0.25, 0.3) is 0 Å². The third-order valence-corrected chi connectivity index (χ3v) is 4.88. The zero-order valence-corrected chi connectivity index (χ0v) is 13.7. The first kappa shape index (κ1) is 15.2. The van der Waals surface area contributed by atoms with Gasteiger partial charge in [-0.25, -0.2) is 4.98 Å². The fourth-order valence-electron chi connectivity index (χ4n) is 3.44. The van der Waals surface area contributed by atoms with Crippen molar-refractivity contribution < 1.29 is 4.74 Å². The Hall–Kier alpha value is -2.39. The third-order valence-electron chi connectivity index (χ3n) is 4.88. The van der Waals surface area contributed by atoms with Gasteiger partial charge in [-0.15, -0.1) is 0 Å². The van der Waals surface area contributed by atoms with Crippen LogP contribution in [-0.2, 0) is 19.4 Å². The predicted molar refractivity (Wildman–Crippen MR) is 97.1 cm³/mol. The number of rotatable bonds is 4. The monoisotopic (exact) mass is 318 g/mol. The van der Waals surface area contributed by atoms with Crippen LogP contribution in [-0.4, -0.2) is 11.5 Å². The van der Waals surface area contributed by atoms with E-state index < -0.39 is 0 Å². The second-order valence-corrected chi connectivity index (χ2v) is 6.56. The number of benzene rings is 2. The number of aromatic nitrogens is 1. The quantitative estimate of drug-likeness (QED) is 0.794. The number of aryl methyl sites for hydroxylation is 1. The Morgan fingerprint density at radius 2 is 1.96 bits per heavy atom. The molecule has 0 bridgehead atoms. The zero-order chi connectivity index (χ0) is 16.4. The highest BCUT2D eigenvalue weighted by molar-refractivity contribution is 5.78. The van der Waals surface area contributed by atoms with Gasteiger partial charge in [0.15, 0.2) is 0 Å². The Kier molecular flexibility index (Phi) is 4.18. The molecule has 1 aliphatic rings. The van der Waals surface area contributed by atoms with Crippen LogP contribution >= 0.6 is 0 Å². The fraction of sp³-hybridized carbons (Fsp3) is 0.286. The van der Waals surface area contributed by atoms with Crippen LogP contribution in [0.4, 0.5) is 0 Å². The van der Waals surface area contributed by atoms with Crippen molar-refractivity contribution in [3.8, 4) is 5.75 Å². The maximum atomic E-state index is 5.97. The Bertz CT molecular complexity index is 859. The molecule has 1 heterocycles. The van der Waals surface area contributed by atoms with Crippen LogP contribution in [0.5, 0.6) is 5.75 Å². The van der Waals surface area contributed by atoms with E-state index in [9.17, 15) is 0 Å². The van der Waals surface area contributed by atoms with Gasteiger partial charge in [-0.05, 0) is 67.1 Å². The maximum absolute atomic E-state index is 5.97. The average Bonchev–Trinajstić information content (AvgIpc) is 2.65. The lowest BCUT2D eigenvalue weighted by Crippen LogP contribution is -2.22. The molecule has 1 atom stereocenters. The van der Waals surface area contributed by atoms with Gasteiger partial charge in [0.2, 0.25) is 0 Å². The summed E-state index contributed by atoms with van der Waals surface area (Å²) in [4.78, 5) is 4.66. The van der Waals surface area contributed by atoms with Crippen molar-refractivity contribution in [3.63, 3.8) is 0 Å². The van der Waals surface area contributed by atoms with Gasteiger partial charge < -0.3 is 10.5 Å². The van der Waals surface area contributed by atoms with E-state index in [2.05, 4.69) is 35.3 Å². The van der Waals surface area contributed by atoms with Crippen molar-refractivity contribution >= 4 is 10.9 Å². The number of ether oxygens (including phenoxy) is 1. The normalized spacial score (nSPS) is 16.8. The number of para-hydroxylation sites is 1. The minimum absolute atomic E-state index is 0.495. The minimum Gasteiger partial charge on any atom is -0.487 e. The minimum atomic E-state index is 0.495. The van der Waals surface area contributed by atoms with Crippen molar-refractivity contribution in [2.75, 3.05) is 6.54 Å². The molecule has 2 aromatic carbocycles. The fourth-order valence-corrected chi connectivity index (χ4v) is 3.44. The smallest absolute Gasteiger partial charge is 0.130 e. The molecule has 0 radical (unpaired) electrons. The summed E-state index contributed by atoms with van der Waals surface area (Å²) in [5, 5.41) is 1.16. The molecule has 1 aliphatic carbocycles. The van der Waals surface area contributed by atoms with Crippen LogP contribution in [0, 0.1) is 5.92 Å². The summed E-state index contributed by atoms with van der Waals surface area (Å²) in [6, 6.07) is 18.7. The summed E-state index contributed by atoms with van der Waals surface area (Å²) in [7, 11) is 0. The Labute approximate surface area is 142 Å². The molecule has 0 saturated heterocycles. The summed E-state index contributed by atoms with van der Waals surface area (Å²) >= 11 is 0. The van der Waals surface area contributed by atoms with Gasteiger partial charge >= 0.3 is 0 Å². The molecule has 122 valence electrons. The lowest BCUT2D eigenvalue weighted by Gasteiger charge is -2.23. The molecule has 4 rings (SSSR count). The van der Waals surface area contributed by atoms with Crippen LogP contribution in [0.15, 0.2) is 54.6 Å². The molecule has 3 nitrogen and oxygen atoms in total. The second-order valence-electron chi connectivity index (χ2n) is 6.56.